The van der Waals surface area contributed by atoms with Gasteiger partial charge in [0.05, 0.1) is 11.8 Å². The lowest BCUT2D eigenvalue weighted by atomic mass is 10.1. The highest BCUT2D eigenvalue weighted by Crippen LogP contribution is 2.40. The van der Waals surface area contributed by atoms with Crippen LogP contribution in [0.5, 0.6) is 5.75 Å². The van der Waals surface area contributed by atoms with E-state index in [4.69, 9.17) is 4.74 Å². The van der Waals surface area contributed by atoms with Crippen LogP contribution in [0.3, 0.4) is 0 Å². The van der Waals surface area contributed by atoms with E-state index in [9.17, 15) is 31.9 Å². The highest BCUT2D eigenvalue weighted by Gasteiger charge is 2.48. The molecular formula is C16H11F4NO5S. The average molecular weight is 405 g/mol. The number of hydrogen-bond donors (Lipinski definition) is 0. The Labute approximate surface area is 154 Å². The van der Waals surface area contributed by atoms with Crippen molar-refractivity contribution in [3.05, 3.63) is 41.4 Å². The molecule has 0 bridgehead atoms. The molecular weight excluding hydrogens is 394 g/mol. The highest BCUT2D eigenvalue weighted by atomic mass is 32.2. The molecule has 1 saturated heterocycles. The molecule has 0 radical (unpaired) electrons. The Bertz CT molecular complexity index is 838. The molecule has 2 heterocycles. The van der Waals surface area contributed by atoms with Gasteiger partial charge in [-0.05, 0) is 12.1 Å². The Morgan fingerprint density at radius 1 is 1.30 bits per heavy atom. The molecule has 0 saturated carbocycles. The summed E-state index contributed by atoms with van der Waals surface area (Å²) in [5.41, 5.74) is -0.280. The van der Waals surface area contributed by atoms with Crippen LogP contribution in [0.25, 0.3) is 0 Å². The van der Waals surface area contributed by atoms with E-state index in [1.54, 1.807) is 0 Å². The molecule has 1 aromatic rings. The second kappa shape index (κ2) is 7.22. The van der Waals surface area contributed by atoms with Crippen LogP contribution in [0.4, 0.5) is 17.6 Å². The van der Waals surface area contributed by atoms with Gasteiger partial charge < -0.3 is 9.47 Å². The Balaban J connectivity index is 1.83. The van der Waals surface area contributed by atoms with Gasteiger partial charge in [0.25, 0.3) is 0 Å². The normalized spacial score (nSPS) is 19.3. The molecule has 1 amide bonds. The number of esters is 2. The van der Waals surface area contributed by atoms with Gasteiger partial charge in [-0.25, -0.2) is 14.0 Å². The van der Waals surface area contributed by atoms with Crippen molar-refractivity contribution in [1.82, 2.24) is 4.90 Å². The number of β-lactam (4-membered cyclic amide) rings is 1. The van der Waals surface area contributed by atoms with E-state index in [-0.39, 0.29) is 30.1 Å². The van der Waals surface area contributed by atoms with Crippen LogP contribution < -0.4 is 4.74 Å². The molecule has 0 N–H and O–H groups in total. The number of halogens is 4. The maximum Gasteiger partial charge on any atom is 0.491 e. The van der Waals surface area contributed by atoms with E-state index in [0.717, 1.165) is 11.0 Å². The number of alkyl halides is 3. The van der Waals surface area contributed by atoms with Gasteiger partial charge >= 0.3 is 18.1 Å². The Morgan fingerprint density at radius 3 is 2.67 bits per heavy atom. The maximum atomic E-state index is 13.2. The quantitative estimate of drug-likeness (QED) is 0.332. The van der Waals surface area contributed by atoms with Crippen LogP contribution >= 0.6 is 11.8 Å². The fraction of sp³-hybridized carbons (Fsp3) is 0.312. The van der Waals surface area contributed by atoms with Crippen LogP contribution in [-0.2, 0) is 19.1 Å². The molecule has 1 unspecified atom stereocenters. The zero-order chi connectivity index (χ0) is 19.8. The molecule has 0 aromatic heterocycles. The molecule has 1 fully saturated rings. The molecule has 2 aliphatic heterocycles. The third-order valence-electron chi connectivity index (χ3n) is 3.75. The van der Waals surface area contributed by atoms with Gasteiger partial charge in [-0.2, -0.15) is 13.2 Å². The van der Waals surface area contributed by atoms with Crippen molar-refractivity contribution in [3.8, 4) is 5.75 Å². The van der Waals surface area contributed by atoms with Gasteiger partial charge in [0, 0.05) is 17.4 Å². The summed E-state index contributed by atoms with van der Waals surface area (Å²) in [6.45, 7) is -0.294. The van der Waals surface area contributed by atoms with Crippen LogP contribution in [0.15, 0.2) is 35.5 Å². The van der Waals surface area contributed by atoms with E-state index in [0.29, 0.717) is 0 Å². The van der Waals surface area contributed by atoms with E-state index >= 15 is 0 Å². The predicted octanol–water partition coefficient (Wildman–Crippen LogP) is 2.40. The van der Waals surface area contributed by atoms with E-state index in [2.05, 4.69) is 4.74 Å². The zero-order valence-corrected chi connectivity index (χ0v) is 14.2. The third kappa shape index (κ3) is 4.07. The number of ether oxygens (including phenoxy) is 2. The van der Waals surface area contributed by atoms with Gasteiger partial charge in [-0.15, -0.1) is 11.8 Å². The average Bonchev–Trinajstić information content (AvgIpc) is 2.58. The summed E-state index contributed by atoms with van der Waals surface area (Å²) in [5.74, 6) is -4.99. The van der Waals surface area contributed by atoms with E-state index in [1.807, 2.05) is 0 Å². The van der Waals surface area contributed by atoms with Gasteiger partial charge in [-0.1, -0.05) is 6.07 Å². The van der Waals surface area contributed by atoms with Gasteiger partial charge in [0.2, 0.25) is 5.91 Å². The number of amides is 1. The molecule has 11 heteroatoms. The molecule has 1 aromatic carbocycles. The van der Waals surface area contributed by atoms with Crippen molar-refractivity contribution in [2.45, 2.75) is 18.0 Å². The van der Waals surface area contributed by atoms with Gasteiger partial charge in [-0.3, -0.25) is 9.69 Å². The van der Waals surface area contributed by atoms with Crippen LogP contribution in [0.1, 0.15) is 6.42 Å². The van der Waals surface area contributed by atoms with Crippen molar-refractivity contribution in [2.75, 3.05) is 12.4 Å². The lowest BCUT2D eigenvalue weighted by molar-refractivity contribution is -0.201. The minimum atomic E-state index is -5.35. The Morgan fingerprint density at radius 2 is 2.04 bits per heavy atom. The highest BCUT2D eigenvalue weighted by molar-refractivity contribution is 8.00. The summed E-state index contributed by atoms with van der Waals surface area (Å²) < 4.78 is 59.5. The monoisotopic (exact) mass is 405 g/mol. The molecule has 2 aliphatic rings. The maximum absolute atomic E-state index is 13.2. The van der Waals surface area contributed by atoms with Crippen molar-refractivity contribution in [3.63, 3.8) is 0 Å². The lowest BCUT2D eigenvalue weighted by Gasteiger charge is -2.44. The standard InChI is InChI=1S/C16H11F4NO5S/c17-9-2-1-3-10(4-9)25-6-8-7-27-12-5-11(22)21(12)13(8)14(23)26-15(24)16(18,19)20/h1-4,12H,5-7H2. The number of carbonyl (C=O) groups excluding carboxylic acids is 3. The molecule has 0 aliphatic carbocycles. The fourth-order valence-electron chi connectivity index (χ4n) is 2.50. The van der Waals surface area contributed by atoms with Crippen molar-refractivity contribution in [1.29, 1.82) is 0 Å². The number of rotatable bonds is 4. The minimum absolute atomic E-state index is 0.118. The molecule has 0 spiro atoms. The van der Waals surface area contributed by atoms with Crippen LogP contribution in [0, 0.1) is 5.82 Å². The number of thioether (sulfide) groups is 1. The summed E-state index contributed by atoms with van der Waals surface area (Å²) >= 11 is 1.29. The number of fused-ring (bicyclic) bond motifs is 1. The first-order chi connectivity index (χ1) is 12.7. The summed E-state index contributed by atoms with van der Waals surface area (Å²) in [7, 11) is 0. The second-order valence-electron chi connectivity index (χ2n) is 5.61. The zero-order valence-electron chi connectivity index (χ0n) is 13.4. The summed E-state index contributed by atoms with van der Waals surface area (Å²) in [5, 5.41) is -0.418. The largest absolute Gasteiger partial charge is 0.491 e. The summed E-state index contributed by atoms with van der Waals surface area (Å²) in [4.78, 5) is 35.9. The number of benzene rings is 1. The van der Waals surface area contributed by atoms with Gasteiger partial charge in [0.15, 0.2) is 0 Å². The Hall–Kier alpha value is -2.56. The first kappa shape index (κ1) is 19.2. The fourth-order valence-corrected chi connectivity index (χ4v) is 3.74. The number of carbonyl (C=O) groups is 3. The SMILES string of the molecule is O=C(OC(=O)C(F)(F)F)C1=C(COc2cccc(F)c2)CSC2CC(=O)N12. The van der Waals surface area contributed by atoms with Crippen molar-refractivity contribution in [2.24, 2.45) is 0 Å². The Kier molecular flexibility index (Phi) is 5.13. The second-order valence-corrected chi connectivity index (χ2v) is 6.77. The lowest BCUT2D eigenvalue weighted by Crippen LogP contribution is -2.54. The molecule has 27 heavy (non-hydrogen) atoms. The van der Waals surface area contributed by atoms with E-state index < -0.39 is 40.9 Å². The first-order valence-electron chi connectivity index (χ1n) is 7.54. The van der Waals surface area contributed by atoms with Gasteiger partial charge in [0.1, 0.15) is 23.9 Å². The third-order valence-corrected chi connectivity index (χ3v) is 5.03. The topological polar surface area (TPSA) is 72.9 Å². The van der Waals surface area contributed by atoms with Crippen LogP contribution in [0.2, 0.25) is 0 Å². The van der Waals surface area contributed by atoms with Crippen molar-refractivity contribution < 1.29 is 41.4 Å². The number of hydrogen-bond acceptors (Lipinski definition) is 6. The molecule has 1 atom stereocenters. The molecule has 6 nitrogen and oxygen atoms in total. The smallest absolute Gasteiger partial charge is 0.489 e. The summed E-state index contributed by atoms with van der Waals surface area (Å²) in [6.07, 6.45) is -5.23. The first-order valence-corrected chi connectivity index (χ1v) is 8.59. The molecule has 3 rings (SSSR count). The van der Waals surface area contributed by atoms with Crippen LogP contribution in [-0.4, -0.2) is 46.7 Å². The van der Waals surface area contributed by atoms with Crippen molar-refractivity contribution >= 4 is 29.6 Å². The minimum Gasteiger partial charge on any atom is -0.489 e. The number of nitrogens with zero attached hydrogens (tertiary/aromatic N) is 1. The van der Waals surface area contributed by atoms with E-state index in [1.165, 1.54) is 30.0 Å². The summed E-state index contributed by atoms with van der Waals surface area (Å²) in [6, 6.07) is 5.11. The molecule has 144 valence electrons. The predicted molar refractivity (Wildman–Crippen MR) is 83.8 cm³/mol.